The third-order valence-electron chi connectivity index (χ3n) is 6.71. The van der Waals surface area contributed by atoms with Gasteiger partial charge in [0.15, 0.2) is 0 Å². The van der Waals surface area contributed by atoms with E-state index in [0.717, 1.165) is 5.56 Å². The fourth-order valence-corrected chi connectivity index (χ4v) is 4.50. The number of alkyl carbamates (subject to hydrolysis) is 1. The molecule has 9 nitrogen and oxygen atoms in total. The number of ether oxygens (including phenoxy) is 2. The Labute approximate surface area is 247 Å². The summed E-state index contributed by atoms with van der Waals surface area (Å²) in [6, 6.07) is 19.8. The van der Waals surface area contributed by atoms with Crippen molar-refractivity contribution in [1.29, 1.82) is 0 Å². The molecule has 9 heteroatoms. The number of carbonyl (C=O) groups is 3. The predicted molar refractivity (Wildman–Crippen MR) is 162 cm³/mol. The maximum absolute atomic E-state index is 14.5. The third kappa shape index (κ3) is 8.73. The second-order valence-electron chi connectivity index (χ2n) is 11.1. The molecule has 0 aliphatic heterocycles. The Balaban J connectivity index is 2.07. The zero-order chi connectivity index (χ0) is 30.9. The van der Waals surface area contributed by atoms with Crippen molar-refractivity contribution in [3.63, 3.8) is 0 Å². The summed E-state index contributed by atoms with van der Waals surface area (Å²) in [6.45, 7) is 8.96. The number of anilines is 1. The molecule has 0 radical (unpaired) electrons. The van der Waals surface area contributed by atoms with E-state index >= 15 is 0 Å². The van der Waals surface area contributed by atoms with Gasteiger partial charge in [-0.3, -0.25) is 9.59 Å². The SMILES string of the molecule is CCC(C)N(C(=O)C(Cc1ccccc1)NC(=O)OC(C)(C)C)C(C(=O)Nc1ccc(OC)cc1)c1ccccc1O. The Bertz CT molecular complexity index is 1340. The van der Waals surface area contributed by atoms with Crippen molar-refractivity contribution in [3.8, 4) is 11.5 Å². The van der Waals surface area contributed by atoms with Crippen LogP contribution in [0.3, 0.4) is 0 Å². The molecule has 0 aromatic heterocycles. The molecule has 0 aliphatic rings. The van der Waals surface area contributed by atoms with E-state index in [1.54, 1.807) is 70.3 Å². The quantitative estimate of drug-likeness (QED) is 0.264. The fraction of sp³-hybridized carbons (Fsp3) is 0.364. The van der Waals surface area contributed by atoms with Gasteiger partial charge in [0, 0.05) is 23.7 Å². The average molecular weight is 576 g/mol. The van der Waals surface area contributed by atoms with E-state index in [1.165, 1.54) is 11.0 Å². The summed E-state index contributed by atoms with van der Waals surface area (Å²) < 4.78 is 10.7. The Morgan fingerprint density at radius 1 is 0.929 bits per heavy atom. The highest BCUT2D eigenvalue weighted by atomic mass is 16.6. The molecule has 0 aliphatic carbocycles. The molecule has 3 rings (SSSR count). The van der Waals surface area contributed by atoms with E-state index in [0.29, 0.717) is 17.9 Å². The van der Waals surface area contributed by atoms with E-state index in [-0.39, 0.29) is 17.7 Å². The highest BCUT2D eigenvalue weighted by molar-refractivity contribution is 5.99. The Kier molecular flexibility index (Phi) is 11.0. The monoisotopic (exact) mass is 575 g/mol. The minimum absolute atomic E-state index is 0.131. The number of benzene rings is 3. The number of phenolic OH excluding ortho intramolecular Hbond substituents is 1. The molecule has 3 amide bonds. The van der Waals surface area contributed by atoms with Gasteiger partial charge in [-0.2, -0.15) is 0 Å². The van der Waals surface area contributed by atoms with Crippen molar-refractivity contribution >= 4 is 23.6 Å². The molecule has 3 unspecified atom stereocenters. The number of phenols is 1. The molecule has 3 aromatic carbocycles. The zero-order valence-corrected chi connectivity index (χ0v) is 25.1. The molecular formula is C33H41N3O6. The normalized spacial score (nSPS) is 13.3. The average Bonchev–Trinajstić information content (AvgIpc) is 2.95. The van der Waals surface area contributed by atoms with Gasteiger partial charge in [0.2, 0.25) is 5.91 Å². The summed E-state index contributed by atoms with van der Waals surface area (Å²) in [5.74, 6) is -0.518. The van der Waals surface area contributed by atoms with Crippen LogP contribution in [0.2, 0.25) is 0 Å². The van der Waals surface area contributed by atoms with Crippen LogP contribution in [0.15, 0.2) is 78.9 Å². The largest absolute Gasteiger partial charge is 0.508 e. The van der Waals surface area contributed by atoms with Gasteiger partial charge < -0.3 is 30.1 Å². The van der Waals surface area contributed by atoms with E-state index in [2.05, 4.69) is 10.6 Å². The number of nitrogens with zero attached hydrogens (tertiary/aromatic N) is 1. The van der Waals surface area contributed by atoms with E-state index in [1.807, 2.05) is 44.2 Å². The maximum Gasteiger partial charge on any atom is 0.408 e. The number of para-hydroxylation sites is 1. The molecular weight excluding hydrogens is 534 g/mol. The minimum Gasteiger partial charge on any atom is -0.508 e. The van der Waals surface area contributed by atoms with Gasteiger partial charge in [-0.25, -0.2) is 4.79 Å². The second kappa shape index (κ2) is 14.4. The first-order valence-electron chi connectivity index (χ1n) is 14.0. The minimum atomic E-state index is -1.21. The number of amides is 3. The molecule has 0 fully saturated rings. The summed E-state index contributed by atoms with van der Waals surface area (Å²) in [5, 5.41) is 16.5. The van der Waals surface area contributed by atoms with Gasteiger partial charge in [-0.15, -0.1) is 0 Å². The first-order chi connectivity index (χ1) is 19.9. The zero-order valence-electron chi connectivity index (χ0n) is 25.1. The van der Waals surface area contributed by atoms with Gasteiger partial charge in [-0.1, -0.05) is 55.5 Å². The van der Waals surface area contributed by atoms with Crippen LogP contribution in [-0.2, 0) is 20.7 Å². The number of rotatable bonds is 11. The third-order valence-corrected chi connectivity index (χ3v) is 6.71. The van der Waals surface area contributed by atoms with Crippen LogP contribution in [0.25, 0.3) is 0 Å². The Morgan fingerprint density at radius 2 is 1.55 bits per heavy atom. The lowest BCUT2D eigenvalue weighted by molar-refractivity contribution is -0.143. The molecule has 3 atom stereocenters. The van der Waals surface area contributed by atoms with Gasteiger partial charge >= 0.3 is 6.09 Å². The highest BCUT2D eigenvalue weighted by Crippen LogP contribution is 2.33. The first-order valence-corrected chi connectivity index (χ1v) is 14.0. The summed E-state index contributed by atoms with van der Waals surface area (Å²) in [7, 11) is 1.55. The molecule has 3 N–H and O–H groups in total. The van der Waals surface area contributed by atoms with Gasteiger partial charge in [0.25, 0.3) is 5.91 Å². The molecule has 0 heterocycles. The molecule has 0 saturated carbocycles. The lowest BCUT2D eigenvalue weighted by atomic mass is 9.97. The van der Waals surface area contributed by atoms with Crippen LogP contribution >= 0.6 is 0 Å². The smallest absolute Gasteiger partial charge is 0.408 e. The van der Waals surface area contributed by atoms with E-state index in [9.17, 15) is 19.5 Å². The molecule has 0 spiro atoms. The van der Waals surface area contributed by atoms with Crippen LogP contribution in [0.4, 0.5) is 10.5 Å². The second-order valence-corrected chi connectivity index (χ2v) is 11.1. The van der Waals surface area contributed by atoms with Gasteiger partial charge in [0.1, 0.15) is 29.2 Å². The number of hydrogen-bond acceptors (Lipinski definition) is 6. The molecule has 42 heavy (non-hydrogen) atoms. The molecule has 0 saturated heterocycles. The van der Waals surface area contributed by atoms with Crippen molar-refractivity contribution in [2.75, 3.05) is 12.4 Å². The van der Waals surface area contributed by atoms with Crippen molar-refractivity contribution in [3.05, 3.63) is 90.0 Å². The predicted octanol–water partition coefficient (Wildman–Crippen LogP) is 5.84. The van der Waals surface area contributed by atoms with Crippen LogP contribution in [0.1, 0.15) is 58.2 Å². The van der Waals surface area contributed by atoms with Crippen LogP contribution < -0.4 is 15.4 Å². The Hall–Kier alpha value is -4.53. The molecule has 0 bridgehead atoms. The van der Waals surface area contributed by atoms with Gasteiger partial charge in [0.05, 0.1) is 7.11 Å². The number of methoxy groups -OCH3 is 1. The van der Waals surface area contributed by atoms with Gasteiger partial charge in [-0.05, 0) is 70.0 Å². The lowest BCUT2D eigenvalue weighted by Gasteiger charge is -2.38. The van der Waals surface area contributed by atoms with Crippen LogP contribution in [0.5, 0.6) is 11.5 Å². The summed E-state index contributed by atoms with van der Waals surface area (Å²) >= 11 is 0. The topological polar surface area (TPSA) is 117 Å². The number of hydrogen-bond donors (Lipinski definition) is 3. The van der Waals surface area contributed by atoms with Crippen molar-refractivity contribution in [2.45, 2.75) is 71.2 Å². The van der Waals surface area contributed by atoms with Crippen LogP contribution in [0, 0.1) is 0 Å². The van der Waals surface area contributed by atoms with Crippen molar-refractivity contribution in [1.82, 2.24) is 10.2 Å². The molecule has 224 valence electrons. The summed E-state index contributed by atoms with van der Waals surface area (Å²) in [5.41, 5.74) is 0.786. The first kappa shape index (κ1) is 32.0. The van der Waals surface area contributed by atoms with E-state index in [4.69, 9.17) is 9.47 Å². The van der Waals surface area contributed by atoms with Crippen molar-refractivity contribution < 1.29 is 29.0 Å². The highest BCUT2D eigenvalue weighted by Gasteiger charge is 2.39. The number of nitrogens with one attached hydrogen (secondary N) is 2. The molecule has 3 aromatic rings. The Morgan fingerprint density at radius 3 is 2.12 bits per heavy atom. The fourth-order valence-electron chi connectivity index (χ4n) is 4.50. The van der Waals surface area contributed by atoms with Crippen LogP contribution in [-0.4, -0.2) is 52.7 Å². The summed E-state index contributed by atoms with van der Waals surface area (Å²) in [4.78, 5) is 42.9. The standard InChI is InChI=1S/C33H41N3O6/c1-7-22(2)36(31(39)27(21-23-13-9-8-10-14-23)35-32(40)42-33(3,4)5)29(26-15-11-12-16-28(26)37)30(38)34-24-17-19-25(41-6)20-18-24/h8-20,22,27,29,37H,7,21H2,1-6H3,(H,34,38)(H,35,40). The lowest BCUT2D eigenvalue weighted by Crippen LogP contribution is -2.55. The summed E-state index contributed by atoms with van der Waals surface area (Å²) in [6.07, 6.45) is -0.0713. The number of carbonyl (C=O) groups excluding carboxylic acids is 3. The number of aromatic hydroxyl groups is 1. The van der Waals surface area contributed by atoms with Crippen molar-refractivity contribution in [2.24, 2.45) is 0 Å². The van der Waals surface area contributed by atoms with E-state index < -0.39 is 41.6 Å². The maximum atomic E-state index is 14.5.